The number of aliphatic hydroxyl groups is 1. The molecular formula is C21H25F2N4O8P. The molecule has 0 bridgehead atoms. The van der Waals surface area contributed by atoms with E-state index in [-0.39, 0.29) is 24.6 Å². The van der Waals surface area contributed by atoms with Crippen molar-refractivity contribution in [3.05, 3.63) is 53.1 Å². The monoisotopic (exact) mass is 530 g/mol. The minimum atomic E-state index is -4.38. The Balaban J connectivity index is 1.53. The first-order chi connectivity index (χ1) is 17.1. The molecule has 15 heteroatoms. The molecule has 2 fully saturated rings. The zero-order valence-corrected chi connectivity index (χ0v) is 19.8. The van der Waals surface area contributed by atoms with Crippen LogP contribution in [0, 0.1) is 0 Å². The molecule has 1 aromatic carbocycles. The number of hydrogen-bond donors (Lipinski definition) is 3. The van der Waals surface area contributed by atoms with Gasteiger partial charge >= 0.3 is 25.3 Å². The molecule has 0 radical (unpaired) electrons. The van der Waals surface area contributed by atoms with Crippen LogP contribution in [-0.4, -0.2) is 58.0 Å². The summed E-state index contributed by atoms with van der Waals surface area (Å²) in [5.74, 6) is -4.66. The van der Waals surface area contributed by atoms with Crippen LogP contribution in [0.4, 0.5) is 14.6 Å². The number of ether oxygens (including phenoxy) is 2. The number of hydrogen-bond acceptors (Lipinski definition) is 10. The van der Waals surface area contributed by atoms with Crippen molar-refractivity contribution in [1.29, 1.82) is 0 Å². The van der Waals surface area contributed by atoms with Gasteiger partial charge in [-0.05, 0) is 37.5 Å². The normalized spacial score (nSPS) is 27.6. The maximum absolute atomic E-state index is 14.8. The van der Waals surface area contributed by atoms with E-state index in [0.29, 0.717) is 17.4 Å². The van der Waals surface area contributed by atoms with Gasteiger partial charge in [-0.25, -0.2) is 9.36 Å². The number of nitrogens with two attached hydrogens (primary N) is 1. The Morgan fingerprint density at radius 1 is 1.25 bits per heavy atom. The lowest BCUT2D eigenvalue weighted by Crippen LogP contribution is -2.42. The van der Waals surface area contributed by atoms with E-state index >= 15 is 0 Å². The minimum Gasteiger partial charge on any atom is -0.465 e. The van der Waals surface area contributed by atoms with Crippen LogP contribution >= 0.6 is 7.75 Å². The number of anilines is 1. The highest BCUT2D eigenvalue weighted by Crippen LogP contribution is 2.48. The van der Waals surface area contributed by atoms with Crippen LogP contribution in [0.25, 0.3) is 0 Å². The summed E-state index contributed by atoms with van der Waals surface area (Å²) in [5, 5.41) is 12.8. The second-order valence-corrected chi connectivity index (χ2v) is 9.92. The first-order valence-corrected chi connectivity index (χ1v) is 12.6. The van der Waals surface area contributed by atoms with Crippen molar-refractivity contribution in [3.63, 3.8) is 0 Å². The summed E-state index contributed by atoms with van der Waals surface area (Å²) >= 11 is 0. The van der Waals surface area contributed by atoms with Gasteiger partial charge < -0.3 is 24.8 Å². The van der Waals surface area contributed by atoms with Crippen LogP contribution in [0.1, 0.15) is 25.5 Å². The molecule has 12 nitrogen and oxygen atoms in total. The molecule has 4 N–H and O–H groups in total. The lowest BCUT2D eigenvalue weighted by Gasteiger charge is -2.25. The molecular weight excluding hydrogens is 505 g/mol. The molecule has 2 aromatic rings. The fourth-order valence-electron chi connectivity index (χ4n) is 3.74. The topological polar surface area (TPSA) is 164 Å². The van der Waals surface area contributed by atoms with Crippen molar-refractivity contribution >= 4 is 19.5 Å². The molecule has 2 saturated heterocycles. The molecule has 0 saturated carbocycles. The van der Waals surface area contributed by atoms with Crippen LogP contribution in [0.3, 0.4) is 0 Å². The SMILES string of the molecule is Nc1ccn([C@@H]2O[C@H](COP(=O)(NC3CCCCOC3=O)Oc3ccccc3)[C@@H](O)C2(F)F)c(=O)n1. The Labute approximate surface area is 203 Å². The fraction of sp³-hybridized carbons (Fsp3) is 0.476. The number of nitrogens with one attached hydrogen (secondary N) is 1. The van der Waals surface area contributed by atoms with Gasteiger partial charge in [0.25, 0.3) is 0 Å². The number of aromatic nitrogens is 2. The number of nitrogen functional groups attached to an aromatic ring is 1. The van der Waals surface area contributed by atoms with Crippen LogP contribution in [0.15, 0.2) is 47.4 Å². The summed E-state index contributed by atoms with van der Waals surface area (Å²) in [4.78, 5) is 27.7. The van der Waals surface area contributed by atoms with Crippen molar-refractivity contribution in [3.8, 4) is 5.75 Å². The van der Waals surface area contributed by atoms with Crippen molar-refractivity contribution < 1.29 is 41.8 Å². The number of esters is 1. The predicted molar refractivity (Wildman–Crippen MR) is 120 cm³/mol. The minimum absolute atomic E-state index is 0.117. The molecule has 1 aromatic heterocycles. The van der Waals surface area contributed by atoms with E-state index in [1.807, 2.05) is 0 Å². The number of rotatable bonds is 8. The Bertz CT molecular complexity index is 1180. The standard InChI is InChI=1S/C21H25F2N4O8P/c22-21(23)17(28)15(34-19(21)27-10-9-16(24)25-20(27)30)12-33-36(31,35-13-6-2-1-3-7-13)26-14-8-4-5-11-32-18(14)29/h1-3,6-7,9-10,14-15,17,19,28H,4-5,8,11-12H2,(H,26,31)(H2,24,25,30)/t14?,15-,17-,19-,36?/m1/s1. The van der Waals surface area contributed by atoms with E-state index in [0.717, 1.165) is 12.3 Å². The number of benzene rings is 1. The van der Waals surface area contributed by atoms with Gasteiger partial charge in [0.2, 0.25) is 6.23 Å². The number of halogens is 2. The maximum Gasteiger partial charge on any atom is 0.459 e. The summed E-state index contributed by atoms with van der Waals surface area (Å²) in [6.07, 6.45) is -3.92. The van der Waals surface area contributed by atoms with E-state index < -0.39 is 56.4 Å². The number of cyclic esters (lactones) is 1. The third-order valence-corrected chi connectivity index (χ3v) is 7.16. The van der Waals surface area contributed by atoms with E-state index in [2.05, 4.69) is 10.1 Å². The molecule has 2 aliphatic heterocycles. The highest BCUT2D eigenvalue weighted by atomic mass is 31.2. The Kier molecular flexibility index (Phi) is 7.71. The number of alkyl halides is 2. The smallest absolute Gasteiger partial charge is 0.459 e. The van der Waals surface area contributed by atoms with Gasteiger partial charge in [0, 0.05) is 6.20 Å². The quantitative estimate of drug-likeness (QED) is 0.335. The Hall–Kier alpha value is -2.90. The average molecular weight is 530 g/mol. The molecule has 3 heterocycles. The third-order valence-electron chi connectivity index (χ3n) is 5.59. The van der Waals surface area contributed by atoms with Crippen LogP contribution in [0.5, 0.6) is 5.75 Å². The summed E-state index contributed by atoms with van der Waals surface area (Å²) in [7, 11) is -4.38. The fourth-order valence-corrected chi connectivity index (χ4v) is 5.28. The summed E-state index contributed by atoms with van der Waals surface area (Å²) < 4.78 is 64.9. The third kappa shape index (κ3) is 5.73. The second-order valence-electron chi connectivity index (χ2n) is 8.23. The number of carbonyl (C=O) groups excluding carboxylic acids is 1. The molecule has 5 atom stereocenters. The largest absolute Gasteiger partial charge is 0.465 e. The molecule has 196 valence electrons. The van der Waals surface area contributed by atoms with E-state index in [4.69, 9.17) is 24.3 Å². The van der Waals surface area contributed by atoms with Crippen LogP contribution in [-0.2, 0) is 23.4 Å². The lowest BCUT2D eigenvalue weighted by molar-refractivity contribution is -0.144. The lowest BCUT2D eigenvalue weighted by atomic mass is 10.1. The summed E-state index contributed by atoms with van der Waals surface area (Å²) in [6, 6.07) is 7.94. The highest BCUT2D eigenvalue weighted by Gasteiger charge is 2.60. The van der Waals surface area contributed by atoms with Crippen molar-refractivity contribution in [2.24, 2.45) is 0 Å². The first-order valence-electron chi connectivity index (χ1n) is 11.1. The predicted octanol–water partition coefficient (Wildman–Crippen LogP) is 1.61. The second kappa shape index (κ2) is 10.6. The van der Waals surface area contributed by atoms with Crippen LogP contribution in [0.2, 0.25) is 0 Å². The van der Waals surface area contributed by atoms with Gasteiger partial charge in [-0.15, -0.1) is 0 Å². The number of carbonyl (C=O) groups is 1. The highest BCUT2D eigenvalue weighted by molar-refractivity contribution is 7.52. The van der Waals surface area contributed by atoms with Crippen molar-refractivity contribution in [1.82, 2.24) is 14.6 Å². The van der Waals surface area contributed by atoms with Gasteiger partial charge in [-0.3, -0.25) is 13.9 Å². The number of para-hydroxylation sites is 1. The first kappa shape index (κ1) is 26.2. The summed E-state index contributed by atoms with van der Waals surface area (Å²) in [5.41, 5.74) is 4.29. The summed E-state index contributed by atoms with van der Waals surface area (Å²) in [6.45, 7) is -0.622. The van der Waals surface area contributed by atoms with E-state index in [1.165, 1.54) is 12.1 Å². The van der Waals surface area contributed by atoms with Gasteiger partial charge in [0.05, 0.1) is 13.2 Å². The van der Waals surface area contributed by atoms with Gasteiger partial charge in [0.15, 0.2) is 6.10 Å². The molecule has 2 unspecified atom stereocenters. The Morgan fingerprint density at radius 3 is 2.72 bits per heavy atom. The molecule has 4 rings (SSSR count). The zero-order chi connectivity index (χ0) is 25.9. The molecule has 36 heavy (non-hydrogen) atoms. The van der Waals surface area contributed by atoms with Crippen molar-refractivity contribution in [2.75, 3.05) is 18.9 Å². The average Bonchev–Trinajstić information content (AvgIpc) is 2.94. The zero-order valence-electron chi connectivity index (χ0n) is 18.9. The molecule has 2 aliphatic rings. The molecule has 0 aliphatic carbocycles. The number of nitrogens with zero attached hydrogens (tertiary/aromatic N) is 2. The molecule has 0 amide bonds. The van der Waals surface area contributed by atoms with Gasteiger partial charge in [-0.1, -0.05) is 18.2 Å². The van der Waals surface area contributed by atoms with Gasteiger partial charge in [-0.2, -0.15) is 18.9 Å². The van der Waals surface area contributed by atoms with E-state index in [9.17, 15) is 28.0 Å². The van der Waals surface area contributed by atoms with E-state index in [1.54, 1.807) is 18.2 Å². The van der Waals surface area contributed by atoms with Crippen LogP contribution < -0.4 is 21.0 Å². The Morgan fingerprint density at radius 2 is 2.00 bits per heavy atom. The van der Waals surface area contributed by atoms with Gasteiger partial charge in [0.1, 0.15) is 23.7 Å². The number of aliphatic hydroxyl groups excluding tert-OH is 1. The van der Waals surface area contributed by atoms with Crippen molar-refractivity contribution in [2.45, 2.75) is 49.7 Å². The maximum atomic E-state index is 14.8. The molecule has 0 spiro atoms.